The predicted octanol–water partition coefficient (Wildman–Crippen LogP) is 3.07. The van der Waals surface area contributed by atoms with Crippen molar-refractivity contribution in [3.8, 4) is 11.5 Å². The molecule has 2 aromatic carbocycles. The number of rotatable bonds is 4. The van der Waals surface area contributed by atoms with Gasteiger partial charge in [-0.3, -0.25) is 4.79 Å². The smallest absolute Gasteiger partial charge is 0.395 e. The second-order valence-electron chi connectivity index (χ2n) is 5.09. The van der Waals surface area contributed by atoms with Crippen molar-refractivity contribution in [2.45, 2.75) is 11.2 Å². The molecule has 0 saturated carbocycles. The molecule has 25 heavy (non-hydrogen) atoms. The summed E-state index contributed by atoms with van der Waals surface area (Å²) in [5.41, 5.74) is 0.0938. The average Bonchev–Trinajstić information content (AvgIpc) is 2.80. The molecular weight excluding hydrogens is 380 g/mol. The number of carbonyl (C=O) groups excluding carboxylic acids is 1. The van der Waals surface area contributed by atoms with Crippen LogP contribution in [0.2, 0.25) is 5.02 Å². The normalized spacial score (nSPS) is 15.0. The average molecular weight is 390 g/mol. The minimum atomic E-state index is -3.87. The minimum absolute atomic E-state index is 0.0580. The van der Waals surface area contributed by atoms with E-state index in [4.69, 9.17) is 11.6 Å². The van der Waals surface area contributed by atoms with Gasteiger partial charge in [0.25, 0.3) is 0 Å². The first-order valence-electron chi connectivity index (χ1n) is 6.83. The quantitative estimate of drug-likeness (QED) is 0.869. The molecule has 0 saturated heterocycles. The van der Waals surface area contributed by atoms with Crippen LogP contribution in [-0.2, 0) is 14.6 Å². The molecule has 2 aromatic rings. The summed E-state index contributed by atoms with van der Waals surface area (Å²) in [6.07, 6.45) is -3.77. The molecule has 0 fully saturated rings. The van der Waals surface area contributed by atoms with E-state index in [-0.39, 0.29) is 22.1 Å². The Hall–Kier alpha value is -2.39. The number of nitrogens with one attached hydrogen (secondary N) is 1. The molecular formula is C15H10ClF2NO5S. The Morgan fingerprint density at radius 1 is 1.08 bits per heavy atom. The van der Waals surface area contributed by atoms with E-state index in [2.05, 4.69) is 14.8 Å². The molecule has 1 amide bonds. The van der Waals surface area contributed by atoms with Crippen LogP contribution in [0.4, 0.5) is 14.5 Å². The van der Waals surface area contributed by atoms with Crippen molar-refractivity contribution in [1.82, 2.24) is 0 Å². The molecule has 0 radical (unpaired) electrons. The van der Waals surface area contributed by atoms with Crippen molar-refractivity contribution in [3.05, 3.63) is 47.5 Å². The van der Waals surface area contributed by atoms with Crippen LogP contribution >= 0.6 is 11.6 Å². The first kappa shape index (κ1) is 17.4. The predicted molar refractivity (Wildman–Crippen MR) is 84.8 cm³/mol. The van der Waals surface area contributed by atoms with E-state index in [0.717, 1.165) is 6.07 Å². The lowest BCUT2D eigenvalue weighted by Crippen LogP contribution is -2.26. The second-order valence-corrected chi connectivity index (χ2v) is 7.52. The molecule has 0 aliphatic carbocycles. The first-order valence-corrected chi connectivity index (χ1v) is 8.86. The van der Waals surface area contributed by atoms with Gasteiger partial charge >= 0.3 is 6.29 Å². The van der Waals surface area contributed by atoms with E-state index in [9.17, 15) is 22.0 Å². The zero-order chi connectivity index (χ0) is 18.2. The second kappa shape index (κ2) is 6.16. The third-order valence-electron chi connectivity index (χ3n) is 3.18. The zero-order valence-electron chi connectivity index (χ0n) is 12.3. The van der Waals surface area contributed by atoms with Crippen LogP contribution in [0.25, 0.3) is 0 Å². The van der Waals surface area contributed by atoms with E-state index in [1.807, 2.05) is 0 Å². The lowest BCUT2D eigenvalue weighted by atomic mass is 10.3. The SMILES string of the molecule is O=C(CS(=O)(=O)c1ccc(Cl)cc1)Nc1ccc2c(c1)OC(F)(F)O2. The molecule has 0 spiro atoms. The maximum Gasteiger partial charge on any atom is 0.586 e. The van der Waals surface area contributed by atoms with E-state index in [0.29, 0.717) is 5.02 Å². The van der Waals surface area contributed by atoms with Gasteiger partial charge in [0.1, 0.15) is 5.75 Å². The monoisotopic (exact) mass is 389 g/mol. The van der Waals surface area contributed by atoms with Crippen molar-refractivity contribution < 1.29 is 31.5 Å². The Bertz CT molecular complexity index is 931. The Balaban J connectivity index is 1.70. The van der Waals surface area contributed by atoms with Gasteiger partial charge < -0.3 is 14.8 Å². The van der Waals surface area contributed by atoms with Crippen LogP contribution in [-0.4, -0.2) is 26.4 Å². The fraction of sp³-hybridized carbons (Fsp3) is 0.133. The van der Waals surface area contributed by atoms with Crippen molar-refractivity contribution in [2.75, 3.05) is 11.1 Å². The van der Waals surface area contributed by atoms with Gasteiger partial charge in [0.05, 0.1) is 4.90 Å². The van der Waals surface area contributed by atoms with E-state index in [1.54, 1.807) is 0 Å². The first-order chi connectivity index (χ1) is 11.6. The zero-order valence-corrected chi connectivity index (χ0v) is 13.9. The van der Waals surface area contributed by atoms with Crippen LogP contribution in [0.3, 0.4) is 0 Å². The molecule has 0 bridgehead atoms. The highest BCUT2D eigenvalue weighted by Crippen LogP contribution is 2.42. The third-order valence-corrected chi connectivity index (χ3v) is 5.06. The van der Waals surface area contributed by atoms with Crippen molar-refractivity contribution in [3.63, 3.8) is 0 Å². The topological polar surface area (TPSA) is 81.7 Å². The van der Waals surface area contributed by atoms with E-state index >= 15 is 0 Å². The number of hydrogen-bond donors (Lipinski definition) is 1. The molecule has 0 atom stereocenters. The van der Waals surface area contributed by atoms with Crippen LogP contribution in [0, 0.1) is 0 Å². The van der Waals surface area contributed by atoms with Crippen LogP contribution in [0.5, 0.6) is 11.5 Å². The van der Waals surface area contributed by atoms with E-state index < -0.39 is 27.8 Å². The molecule has 1 N–H and O–H groups in total. The number of amides is 1. The maximum atomic E-state index is 12.9. The fourth-order valence-electron chi connectivity index (χ4n) is 2.12. The highest BCUT2D eigenvalue weighted by molar-refractivity contribution is 7.92. The summed E-state index contributed by atoms with van der Waals surface area (Å²) >= 11 is 5.69. The van der Waals surface area contributed by atoms with Crippen LogP contribution < -0.4 is 14.8 Å². The molecule has 1 heterocycles. The van der Waals surface area contributed by atoms with Crippen molar-refractivity contribution >= 4 is 33.0 Å². The Morgan fingerprint density at radius 3 is 2.40 bits per heavy atom. The summed E-state index contributed by atoms with van der Waals surface area (Å²) in [7, 11) is -3.87. The maximum absolute atomic E-state index is 12.9. The number of fused-ring (bicyclic) bond motifs is 1. The number of hydrogen-bond acceptors (Lipinski definition) is 5. The van der Waals surface area contributed by atoms with Gasteiger partial charge in [-0.05, 0) is 36.4 Å². The summed E-state index contributed by atoms with van der Waals surface area (Å²) in [6, 6.07) is 8.94. The summed E-state index contributed by atoms with van der Waals surface area (Å²) in [4.78, 5) is 11.9. The van der Waals surface area contributed by atoms with E-state index in [1.165, 1.54) is 36.4 Å². The fourth-order valence-corrected chi connectivity index (χ4v) is 3.38. The number of ether oxygens (including phenoxy) is 2. The molecule has 6 nitrogen and oxygen atoms in total. The van der Waals surface area contributed by atoms with Gasteiger partial charge in [0.2, 0.25) is 5.91 Å². The molecule has 0 aromatic heterocycles. The molecule has 1 aliphatic heterocycles. The summed E-state index contributed by atoms with van der Waals surface area (Å²) in [5.74, 6) is -2.10. The largest absolute Gasteiger partial charge is 0.586 e. The van der Waals surface area contributed by atoms with Gasteiger partial charge in [0.15, 0.2) is 21.3 Å². The highest BCUT2D eigenvalue weighted by Gasteiger charge is 2.43. The summed E-state index contributed by atoms with van der Waals surface area (Å²) in [5, 5.41) is 2.67. The summed E-state index contributed by atoms with van der Waals surface area (Å²) in [6.45, 7) is 0. The van der Waals surface area contributed by atoms with Gasteiger partial charge in [-0.1, -0.05) is 11.6 Å². The van der Waals surface area contributed by atoms with Crippen molar-refractivity contribution in [2.24, 2.45) is 0 Å². The molecule has 132 valence electrons. The minimum Gasteiger partial charge on any atom is -0.395 e. The van der Waals surface area contributed by atoms with Gasteiger partial charge in [0, 0.05) is 16.8 Å². The van der Waals surface area contributed by atoms with Crippen LogP contribution in [0.1, 0.15) is 0 Å². The van der Waals surface area contributed by atoms with Gasteiger partial charge in [-0.25, -0.2) is 8.42 Å². The number of carbonyl (C=O) groups is 1. The molecule has 0 unspecified atom stereocenters. The number of benzene rings is 2. The lowest BCUT2D eigenvalue weighted by molar-refractivity contribution is -0.286. The Morgan fingerprint density at radius 2 is 1.72 bits per heavy atom. The molecule has 10 heteroatoms. The van der Waals surface area contributed by atoms with Crippen molar-refractivity contribution in [1.29, 1.82) is 0 Å². The number of alkyl halides is 2. The standard InChI is InChI=1S/C15H10ClF2NO5S/c16-9-1-4-11(5-2-9)25(21,22)8-14(20)19-10-3-6-12-13(7-10)24-15(17,18)23-12/h1-7H,8H2,(H,19,20). The Kier molecular flexibility index (Phi) is 4.29. The van der Waals surface area contributed by atoms with Gasteiger partial charge in [-0.15, -0.1) is 8.78 Å². The lowest BCUT2D eigenvalue weighted by Gasteiger charge is -2.07. The molecule has 1 aliphatic rings. The van der Waals surface area contributed by atoms with Crippen LogP contribution in [0.15, 0.2) is 47.4 Å². The molecule has 3 rings (SSSR count). The third kappa shape index (κ3) is 3.99. The summed E-state index contributed by atoms with van der Waals surface area (Å²) < 4.78 is 58.7. The van der Waals surface area contributed by atoms with Gasteiger partial charge in [-0.2, -0.15) is 0 Å². The Labute approximate surface area is 146 Å². The number of anilines is 1. The highest BCUT2D eigenvalue weighted by atomic mass is 35.5. The number of sulfone groups is 1. The number of halogens is 3.